The molecule has 3 N–H and O–H groups in total. The Balaban J connectivity index is 0.00000324. The molecule has 1 aliphatic rings. The van der Waals surface area contributed by atoms with Gasteiger partial charge in [-0.25, -0.2) is 0 Å². The average molecular weight is 309 g/mol. The molecule has 1 atom stereocenters. The van der Waals surface area contributed by atoms with Gasteiger partial charge in [0.15, 0.2) is 0 Å². The van der Waals surface area contributed by atoms with Crippen LogP contribution < -0.4 is 11.1 Å². The number of nitrogens with two attached hydrogens (primary N) is 1. The van der Waals surface area contributed by atoms with Crippen LogP contribution in [-0.2, 0) is 4.79 Å². The van der Waals surface area contributed by atoms with Crippen LogP contribution in [0.15, 0.2) is 0 Å². The van der Waals surface area contributed by atoms with Crippen LogP contribution in [0.2, 0.25) is 0 Å². The molecule has 0 aromatic heterocycles. The van der Waals surface area contributed by atoms with Crippen molar-refractivity contribution in [3.63, 3.8) is 0 Å². The fourth-order valence-electron chi connectivity index (χ4n) is 2.44. The van der Waals surface area contributed by atoms with Crippen LogP contribution in [-0.4, -0.2) is 29.0 Å². The average Bonchev–Trinajstić information content (AvgIpc) is 2.33. The summed E-state index contributed by atoms with van der Waals surface area (Å²) in [4.78, 5) is 11.9. The molecule has 1 amide bonds. The van der Waals surface area contributed by atoms with E-state index in [0.29, 0.717) is 18.2 Å². The zero-order valence-corrected chi connectivity index (χ0v) is 14.0. The van der Waals surface area contributed by atoms with E-state index in [0.717, 1.165) is 0 Å². The van der Waals surface area contributed by atoms with Gasteiger partial charge in [-0.05, 0) is 18.8 Å². The normalized spacial score (nSPS) is 18.5. The van der Waals surface area contributed by atoms with Crippen LogP contribution in [0, 0.1) is 5.92 Å². The number of hydrogen-bond acceptors (Lipinski definition) is 3. The minimum atomic E-state index is 0. The van der Waals surface area contributed by atoms with Crippen molar-refractivity contribution < 1.29 is 4.79 Å². The Morgan fingerprint density at radius 1 is 1.32 bits per heavy atom. The van der Waals surface area contributed by atoms with Crippen LogP contribution in [0.5, 0.6) is 0 Å². The molecule has 1 saturated carbocycles. The Kier molecular flexibility index (Phi) is 9.12. The number of rotatable bonds is 5. The van der Waals surface area contributed by atoms with E-state index >= 15 is 0 Å². The Morgan fingerprint density at radius 2 is 1.89 bits per heavy atom. The van der Waals surface area contributed by atoms with E-state index in [2.05, 4.69) is 26.1 Å². The molecule has 1 unspecified atom stereocenters. The number of hydrogen-bond donors (Lipinski definition) is 2. The Labute approximate surface area is 128 Å². The third-order valence-corrected chi connectivity index (χ3v) is 4.73. The number of thioether (sulfide) groups is 1. The number of nitrogens with one attached hydrogen (secondary N) is 1. The maximum Gasteiger partial charge on any atom is 0.230 e. The molecular formula is C14H29ClN2OS. The van der Waals surface area contributed by atoms with Gasteiger partial charge in [0, 0.05) is 17.3 Å². The van der Waals surface area contributed by atoms with Crippen LogP contribution in [0.25, 0.3) is 0 Å². The Morgan fingerprint density at radius 3 is 2.37 bits per heavy atom. The first-order chi connectivity index (χ1) is 8.42. The molecule has 0 bridgehead atoms. The highest BCUT2D eigenvalue weighted by molar-refractivity contribution is 8.01. The molecule has 0 saturated heterocycles. The van der Waals surface area contributed by atoms with Gasteiger partial charge < -0.3 is 11.1 Å². The summed E-state index contributed by atoms with van der Waals surface area (Å²) in [6.07, 6.45) is 6.34. The zero-order valence-electron chi connectivity index (χ0n) is 12.4. The van der Waals surface area contributed by atoms with Crippen LogP contribution in [0.4, 0.5) is 0 Å². The lowest BCUT2D eigenvalue weighted by Gasteiger charge is -2.30. The van der Waals surface area contributed by atoms with E-state index in [-0.39, 0.29) is 29.1 Å². The summed E-state index contributed by atoms with van der Waals surface area (Å²) in [5.74, 6) is 1.26. The van der Waals surface area contributed by atoms with Gasteiger partial charge in [0.1, 0.15) is 0 Å². The summed E-state index contributed by atoms with van der Waals surface area (Å²) >= 11 is 1.69. The molecule has 0 heterocycles. The third kappa shape index (κ3) is 8.05. The van der Waals surface area contributed by atoms with Gasteiger partial charge in [-0.15, -0.1) is 24.2 Å². The van der Waals surface area contributed by atoms with Crippen molar-refractivity contribution in [3.05, 3.63) is 0 Å². The molecule has 0 spiro atoms. The summed E-state index contributed by atoms with van der Waals surface area (Å²) in [6.45, 7) is 6.96. The molecule has 0 aromatic carbocycles. The fourth-order valence-corrected chi connectivity index (χ4v) is 3.08. The van der Waals surface area contributed by atoms with Gasteiger partial charge in [-0.1, -0.05) is 40.0 Å². The van der Waals surface area contributed by atoms with E-state index in [9.17, 15) is 4.79 Å². The van der Waals surface area contributed by atoms with Gasteiger partial charge >= 0.3 is 0 Å². The van der Waals surface area contributed by atoms with Gasteiger partial charge in [0.05, 0.1) is 5.75 Å². The lowest BCUT2D eigenvalue weighted by atomic mass is 9.84. The summed E-state index contributed by atoms with van der Waals surface area (Å²) in [5.41, 5.74) is 5.81. The maximum absolute atomic E-state index is 11.9. The SMILES string of the molecule is CC(C)(C)SCC(=O)NC(CN)C1CCCCC1.Cl. The molecule has 0 aliphatic heterocycles. The standard InChI is InChI=1S/C14H28N2OS.ClH/c1-14(2,3)18-10-13(17)16-12(9-15)11-7-5-4-6-8-11;/h11-12H,4-10,15H2,1-3H3,(H,16,17);1H. The quantitative estimate of drug-likeness (QED) is 0.821. The molecule has 0 radical (unpaired) electrons. The summed E-state index contributed by atoms with van der Waals surface area (Å²) in [5, 5.41) is 3.12. The second kappa shape index (κ2) is 9.09. The molecule has 0 aromatic rings. The van der Waals surface area contributed by atoms with E-state index < -0.39 is 0 Å². The summed E-state index contributed by atoms with van der Waals surface area (Å²) in [6, 6.07) is 0.179. The monoisotopic (exact) mass is 308 g/mol. The minimum Gasteiger partial charge on any atom is -0.351 e. The van der Waals surface area contributed by atoms with Crippen molar-refractivity contribution in [3.8, 4) is 0 Å². The predicted octanol–water partition coefficient (Wildman–Crippen LogP) is 2.96. The number of amides is 1. The van der Waals surface area contributed by atoms with Gasteiger partial charge in [0.2, 0.25) is 5.91 Å². The molecule has 1 rings (SSSR count). The molecule has 1 fully saturated rings. The Hall–Kier alpha value is 0.0700. The molecule has 3 nitrogen and oxygen atoms in total. The second-order valence-corrected chi connectivity index (χ2v) is 8.01. The van der Waals surface area contributed by atoms with Gasteiger partial charge in [-0.2, -0.15) is 0 Å². The van der Waals surface area contributed by atoms with E-state index in [1.54, 1.807) is 11.8 Å². The second-order valence-electron chi connectivity index (χ2n) is 6.21. The van der Waals surface area contributed by atoms with Crippen LogP contribution in [0.1, 0.15) is 52.9 Å². The maximum atomic E-state index is 11.9. The predicted molar refractivity (Wildman–Crippen MR) is 87.0 cm³/mol. The van der Waals surface area contributed by atoms with Crippen LogP contribution in [0.3, 0.4) is 0 Å². The summed E-state index contributed by atoms with van der Waals surface area (Å²) in [7, 11) is 0. The highest BCUT2D eigenvalue weighted by Gasteiger charge is 2.24. The van der Waals surface area contributed by atoms with Crippen molar-refractivity contribution >= 4 is 30.1 Å². The molecule has 19 heavy (non-hydrogen) atoms. The zero-order chi connectivity index (χ0) is 13.6. The smallest absolute Gasteiger partial charge is 0.230 e. The topological polar surface area (TPSA) is 55.1 Å². The number of carbonyl (C=O) groups excluding carboxylic acids is 1. The van der Waals surface area contributed by atoms with E-state index in [4.69, 9.17) is 5.73 Å². The molecule has 1 aliphatic carbocycles. The van der Waals surface area contributed by atoms with E-state index in [1.807, 2.05) is 0 Å². The highest BCUT2D eigenvalue weighted by atomic mass is 35.5. The molecule has 5 heteroatoms. The summed E-state index contributed by atoms with van der Waals surface area (Å²) < 4.78 is 0.139. The molecular weight excluding hydrogens is 280 g/mol. The fraction of sp³-hybridized carbons (Fsp3) is 0.929. The van der Waals surface area contributed by atoms with Crippen molar-refractivity contribution in [2.24, 2.45) is 11.7 Å². The van der Waals surface area contributed by atoms with Crippen molar-refractivity contribution in [2.75, 3.05) is 12.3 Å². The van der Waals surface area contributed by atoms with Gasteiger partial charge in [0.25, 0.3) is 0 Å². The van der Waals surface area contributed by atoms with Crippen LogP contribution >= 0.6 is 24.2 Å². The minimum absolute atomic E-state index is 0. The first-order valence-electron chi connectivity index (χ1n) is 7.06. The third-order valence-electron chi connectivity index (χ3n) is 3.46. The largest absolute Gasteiger partial charge is 0.351 e. The number of carbonyl (C=O) groups is 1. The van der Waals surface area contributed by atoms with Crippen molar-refractivity contribution in [1.29, 1.82) is 0 Å². The lowest BCUT2D eigenvalue weighted by molar-refractivity contribution is -0.119. The van der Waals surface area contributed by atoms with E-state index in [1.165, 1.54) is 32.1 Å². The first kappa shape index (κ1) is 19.1. The van der Waals surface area contributed by atoms with Crippen molar-refractivity contribution in [2.45, 2.75) is 63.7 Å². The number of halogens is 1. The Bertz CT molecular complexity index is 263. The van der Waals surface area contributed by atoms with Crippen molar-refractivity contribution in [1.82, 2.24) is 5.32 Å². The lowest BCUT2D eigenvalue weighted by Crippen LogP contribution is -2.46. The first-order valence-corrected chi connectivity index (χ1v) is 8.04. The molecule has 114 valence electrons. The highest BCUT2D eigenvalue weighted by Crippen LogP contribution is 2.26. The van der Waals surface area contributed by atoms with Gasteiger partial charge in [-0.3, -0.25) is 4.79 Å².